The van der Waals surface area contributed by atoms with Crippen molar-refractivity contribution in [2.75, 3.05) is 18.5 Å². The van der Waals surface area contributed by atoms with Gasteiger partial charge in [0.05, 0.1) is 10.7 Å². The van der Waals surface area contributed by atoms with Crippen molar-refractivity contribution in [3.63, 3.8) is 0 Å². The summed E-state index contributed by atoms with van der Waals surface area (Å²) in [5, 5.41) is 0.805. The van der Waals surface area contributed by atoms with Crippen molar-refractivity contribution in [3.05, 3.63) is 28.8 Å². The fraction of sp³-hybridized carbons (Fsp3) is 0.600. The van der Waals surface area contributed by atoms with Crippen molar-refractivity contribution in [1.82, 2.24) is 0 Å². The molecule has 0 aromatic heterocycles. The van der Waals surface area contributed by atoms with E-state index in [9.17, 15) is 0 Å². The molecule has 1 unspecified atom stereocenters. The standard InChI is InChI=1S/C15H25ClN2/c1-11(15(2,3)4)18(5)14-12(9-10-17)7-6-8-13(14)16/h6-8,11H,9-10,17H2,1-5H3. The van der Waals surface area contributed by atoms with Crippen LogP contribution in [-0.4, -0.2) is 19.6 Å². The molecule has 0 heterocycles. The van der Waals surface area contributed by atoms with Gasteiger partial charge in [0.1, 0.15) is 0 Å². The van der Waals surface area contributed by atoms with E-state index >= 15 is 0 Å². The summed E-state index contributed by atoms with van der Waals surface area (Å²) in [6.07, 6.45) is 0.858. The number of hydrogen-bond acceptors (Lipinski definition) is 2. The maximum atomic E-state index is 6.37. The van der Waals surface area contributed by atoms with Crippen LogP contribution in [0.4, 0.5) is 5.69 Å². The summed E-state index contributed by atoms with van der Waals surface area (Å²) in [7, 11) is 2.11. The maximum absolute atomic E-state index is 6.37. The summed E-state index contributed by atoms with van der Waals surface area (Å²) < 4.78 is 0. The molecule has 1 aromatic rings. The molecule has 0 aliphatic rings. The van der Waals surface area contributed by atoms with E-state index in [0.717, 1.165) is 17.1 Å². The zero-order chi connectivity index (χ0) is 13.9. The largest absolute Gasteiger partial charge is 0.370 e. The van der Waals surface area contributed by atoms with E-state index in [1.807, 2.05) is 12.1 Å². The molecule has 0 aliphatic heterocycles. The fourth-order valence-corrected chi connectivity index (χ4v) is 2.41. The molecular formula is C15H25ClN2. The number of rotatable bonds is 4. The SMILES string of the molecule is CC(N(C)c1c(Cl)cccc1CCN)C(C)(C)C. The van der Waals surface area contributed by atoms with Crippen molar-refractivity contribution in [1.29, 1.82) is 0 Å². The molecule has 0 fully saturated rings. The molecule has 0 spiro atoms. The molecule has 0 aliphatic carbocycles. The summed E-state index contributed by atoms with van der Waals surface area (Å²) in [6.45, 7) is 9.61. The van der Waals surface area contributed by atoms with Gasteiger partial charge in [0.25, 0.3) is 0 Å². The first-order valence-electron chi connectivity index (χ1n) is 6.49. The predicted octanol–water partition coefficient (Wildman–Crippen LogP) is 3.71. The van der Waals surface area contributed by atoms with Crippen molar-refractivity contribution < 1.29 is 0 Å². The van der Waals surface area contributed by atoms with Crippen molar-refractivity contribution in [3.8, 4) is 0 Å². The Hall–Kier alpha value is -0.730. The Labute approximate surface area is 116 Å². The third kappa shape index (κ3) is 3.39. The minimum Gasteiger partial charge on any atom is -0.370 e. The van der Waals surface area contributed by atoms with Crippen LogP contribution in [0.5, 0.6) is 0 Å². The highest BCUT2D eigenvalue weighted by molar-refractivity contribution is 6.33. The van der Waals surface area contributed by atoms with Gasteiger partial charge in [0.2, 0.25) is 0 Å². The van der Waals surface area contributed by atoms with Gasteiger partial charge < -0.3 is 10.6 Å². The van der Waals surface area contributed by atoms with Gasteiger partial charge >= 0.3 is 0 Å². The lowest BCUT2D eigenvalue weighted by Gasteiger charge is -2.38. The molecule has 0 amide bonds. The zero-order valence-electron chi connectivity index (χ0n) is 12.1. The van der Waals surface area contributed by atoms with Crippen molar-refractivity contribution >= 4 is 17.3 Å². The monoisotopic (exact) mass is 268 g/mol. The van der Waals surface area contributed by atoms with Gasteiger partial charge in [-0.3, -0.25) is 0 Å². The second-order valence-corrected chi connectivity index (χ2v) is 6.35. The van der Waals surface area contributed by atoms with Gasteiger partial charge in [-0.05, 0) is 36.9 Å². The van der Waals surface area contributed by atoms with Crippen molar-refractivity contribution in [2.24, 2.45) is 11.1 Å². The molecule has 102 valence electrons. The Morgan fingerprint density at radius 3 is 2.44 bits per heavy atom. The molecule has 0 bridgehead atoms. The molecule has 1 atom stereocenters. The number of anilines is 1. The Balaban J connectivity index is 3.15. The second-order valence-electron chi connectivity index (χ2n) is 5.94. The molecule has 18 heavy (non-hydrogen) atoms. The highest BCUT2D eigenvalue weighted by atomic mass is 35.5. The van der Waals surface area contributed by atoms with E-state index in [0.29, 0.717) is 12.6 Å². The number of benzene rings is 1. The highest BCUT2D eigenvalue weighted by Gasteiger charge is 2.26. The number of para-hydroxylation sites is 1. The molecular weight excluding hydrogens is 244 g/mol. The average Bonchev–Trinajstić information content (AvgIpc) is 2.26. The van der Waals surface area contributed by atoms with Crippen LogP contribution < -0.4 is 10.6 Å². The summed E-state index contributed by atoms with van der Waals surface area (Å²) in [5.74, 6) is 0. The molecule has 0 saturated carbocycles. The zero-order valence-corrected chi connectivity index (χ0v) is 12.9. The third-order valence-corrected chi connectivity index (χ3v) is 3.98. The van der Waals surface area contributed by atoms with Gasteiger partial charge in [-0.15, -0.1) is 0 Å². The van der Waals surface area contributed by atoms with Crippen molar-refractivity contribution in [2.45, 2.75) is 40.2 Å². The minimum atomic E-state index is 0.202. The van der Waals surface area contributed by atoms with E-state index in [1.54, 1.807) is 0 Å². The number of nitrogens with zero attached hydrogens (tertiary/aromatic N) is 1. The Bertz CT molecular complexity index is 396. The van der Waals surface area contributed by atoms with E-state index in [4.69, 9.17) is 17.3 Å². The summed E-state index contributed by atoms with van der Waals surface area (Å²) >= 11 is 6.37. The molecule has 1 rings (SSSR count). The summed E-state index contributed by atoms with van der Waals surface area (Å²) in [5.41, 5.74) is 8.23. The minimum absolute atomic E-state index is 0.202. The van der Waals surface area contributed by atoms with Gasteiger partial charge in [0, 0.05) is 13.1 Å². The fourth-order valence-electron chi connectivity index (χ4n) is 2.09. The van der Waals surface area contributed by atoms with Crippen LogP contribution in [0.1, 0.15) is 33.3 Å². The van der Waals surface area contributed by atoms with Crippen LogP contribution in [0.15, 0.2) is 18.2 Å². The predicted molar refractivity (Wildman–Crippen MR) is 81.5 cm³/mol. The van der Waals surface area contributed by atoms with Crippen LogP contribution in [-0.2, 0) is 6.42 Å². The molecule has 0 radical (unpaired) electrons. The lowest BCUT2D eigenvalue weighted by molar-refractivity contribution is 0.329. The summed E-state index contributed by atoms with van der Waals surface area (Å²) in [6, 6.07) is 6.45. The molecule has 2 N–H and O–H groups in total. The van der Waals surface area contributed by atoms with Crippen LogP contribution >= 0.6 is 11.6 Å². The van der Waals surface area contributed by atoms with Crippen LogP contribution in [0.2, 0.25) is 5.02 Å². The van der Waals surface area contributed by atoms with E-state index < -0.39 is 0 Å². The topological polar surface area (TPSA) is 29.3 Å². The van der Waals surface area contributed by atoms with Gasteiger partial charge in [-0.1, -0.05) is 44.5 Å². The second kappa shape index (κ2) is 5.94. The molecule has 3 heteroatoms. The van der Waals surface area contributed by atoms with Gasteiger partial charge in [-0.25, -0.2) is 0 Å². The first-order chi connectivity index (χ1) is 8.29. The van der Waals surface area contributed by atoms with E-state index in [1.165, 1.54) is 5.56 Å². The first kappa shape index (κ1) is 15.3. The highest BCUT2D eigenvalue weighted by Crippen LogP contribution is 2.34. The Morgan fingerprint density at radius 1 is 1.33 bits per heavy atom. The van der Waals surface area contributed by atoms with E-state index in [-0.39, 0.29) is 5.41 Å². The molecule has 0 saturated heterocycles. The normalized spacial score (nSPS) is 13.5. The smallest absolute Gasteiger partial charge is 0.0642 e. The van der Waals surface area contributed by atoms with Crippen LogP contribution in [0.3, 0.4) is 0 Å². The number of hydrogen-bond donors (Lipinski definition) is 1. The summed E-state index contributed by atoms with van der Waals surface area (Å²) in [4.78, 5) is 2.27. The lowest BCUT2D eigenvalue weighted by Crippen LogP contribution is -2.40. The quantitative estimate of drug-likeness (QED) is 0.902. The Morgan fingerprint density at radius 2 is 1.94 bits per heavy atom. The molecule has 2 nitrogen and oxygen atoms in total. The molecule has 1 aromatic carbocycles. The third-order valence-electron chi connectivity index (χ3n) is 3.67. The first-order valence-corrected chi connectivity index (χ1v) is 6.87. The van der Waals surface area contributed by atoms with Gasteiger partial charge in [-0.2, -0.15) is 0 Å². The number of halogens is 1. The van der Waals surface area contributed by atoms with Gasteiger partial charge in [0.15, 0.2) is 0 Å². The average molecular weight is 269 g/mol. The van der Waals surface area contributed by atoms with E-state index in [2.05, 4.69) is 45.7 Å². The maximum Gasteiger partial charge on any atom is 0.0642 e. The lowest BCUT2D eigenvalue weighted by atomic mass is 9.86. The number of nitrogens with two attached hydrogens (primary N) is 1. The van der Waals surface area contributed by atoms with Crippen LogP contribution in [0.25, 0.3) is 0 Å². The Kier molecular flexibility index (Phi) is 5.06. The van der Waals surface area contributed by atoms with Crippen LogP contribution in [0, 0.1) is 5.41 Å².